The quantitative estimate of drug-likeness (QED) is 0.749. The highest BCUT2D eigenvalue weighted by atomic mass is 16.5. The molecule has 0 amide bonds. The van der Waals surface area contributed by atoms with Gasteiger partial charge in [0.05, 0.1) is 5.56 Å². The lowest BCUT2D eigenvalue weighted by Crippen LogP contribution is -2.38. The second-order valence-electron chi connectivity index (χ2n) is 5.65. The van der Waals surface area contributed by atoms with Crippen LogP contribution in [-0.2, 0) is 0 Å². The van der Waals surface area contributed by atoms with Crippen LogP contribution in [0, 0.1) is 5.92 Å². The van der Waals surface area contributed by atoms with E-state index in [1.807, 2.05) is 0 Å². The topological polar surface area (TPSA) is 61.8 Å². The normalized spacial score (nSPS) is 19.4. The Labute approximate surface area is 125 Å². The Hall–Kier alpha value is -1.59. The van der Waals surface area contributed by atoms with Gasteiger partial charge >= 0.3 is 5.97 Å². The number of carbonyl (C=O) groups is 1. The molecule has 1 aliphatic heterocycles. The molecule has 0 aromatic heterocycles. The highest BCUT2D eigenvalue weighted by Crippen LogP contribution is 2.14. The molecule has 1 unspecified atom stereocenters. The van der Waals surface area contributed by atoms with E-state index in [1.54, 1.807) is 24.3 Å². The predicted octanol–water partition coefficient (Wildman–Crippen LogP) is 1.69. The third kappa shape index (κ3) is 5.36. The van der Waals surface area contributed by atoms with E-state index in [2.05, 4.69) is 17.3 Å². The largest absolute Gasteiger partial charge is 0.492 e. The minimum absolute atomic E-state index is 0.280. The Morgan fingerprint density at radius 3 is 2.86 bits per heavy atom. The number of carboxylic acid groups (broad SMARTS) is 1. The maximum absolute atomic E-state index is 10.7. The summed E-state index contributed by atoms with van der Waals surface area (Å²) >= 11 is 0. The predicted molar refractivity (Wildman–Crippen MR) is 82.0 cm³/mol. The number of likely N-dealkylation sites (tertiary alicyclic amines) is 1. The number of hydrogen-bond donors (Lipinski definition) is 2. The van der Waals surface area contributed by atoms with Crippen LogP contribution in [0.1, 0.15) is 23.2 Å². The van der Waals surface area contributed by atoms with Crippen molar-refractivity contribution >= 4 is 5.97 Å². The van der Waals surface area contributed by atoms with Crippen LogP contribution >= 0.6 is 0 Å². The van der Waals surface area contributed by atoms with Crippen molar-refractivity contribution in [2.45, 2.75) is 12.8 Å². The molecule has 2 rings (SSSR count). The summed E-state index contributed by atoms with van der Waals surface area (Å²) < 4.78 is 5.59. The van der Waals surface area contributed by atoms with Crippen LogP contribution < -0.4 is 10.1 Å². The number of benzene rings is 1. The van der Waals surface area contributed by atoms with E-state index in [-0.39, 0.29) is 5.56 Å². The van der Waals surface area contributed by atoms with Crippen LogP contribution in [0.15, 0.2) is 24.3 Å². The highest BCUT2D eigenvalue weighted by molar-refractivity contribution is 5.87. The van der Waals surface area contributed by atoms with Crippen molar-refractivity contribution in [2.75, 3.05) is 39.8 Å². The molecular weight excluding hydrogens is 268 g/mol. The van der Waals surface area contributed by atoms with E-state index in [1.165, 1.54) is 25.9 Å². The van der Waals surface area contributed by atoms with Gasteiger partial charge in [-0.2, -0.15) is 0 Å². The molecule has 1 aromatic carbocycles. The molecule has 1 aliphatic rings. The summed E-state index contributed by atoms with van der Waals surface area (Å²) in [6, 6.07) is 6.50. The lowest BCUT2D eigenvalue weighted by Gasteiger charge is -2.29. The molecule has 0 saturated carbocycles. The van der Waals surface area contributed by atoms with E-state index >= 15 is 0 Å². The molecule has 1 heterocycles. The third-order valence-electron chi connectivity index (χ3n) is 3.80. The van der Waals surface area contributed by atoms with Crippen LogP contribution in [0.25, 0.3) is 0 Å². The maximum Gasteiger partial charge on any atom is 0.335 e. The molecule has 5 nitrogen and oxygen atoms in total. The molecule has 0 radical (unpaired) electrons. The van der Waals surface area contributed by atoms with Gasteiger partial charge in [0.1, 0.15) is 12.4 Å². The molecule has 5 heteroatoms. The number of carboxylic acids is 1. The average Bonchev–Trinajstić information content (AvgIpc) is 2.47. The molecule has 0 bridgehead atoms. The molecule has 1 saturated heterocycles. The third-order valence-corrected chi connectivity index (χ3v) is 3.80. The zero-order chi connectivity index (χ0) is 15.1. The van der Waals surface area contributed by atoms with Crippen molar-refractivity contribution in [2.24, 2.45) is 5.92 Å². The first kappa shape index (κ1) is 15.8. The zero-order valence-electron chi connectivity index (χ0n) is 12.5. The smallest absolute Gasteiger partial charge is 0.335 e. The Morgan fingerprint density at radius 2 is 2.19 bits per heavy atom. The van der Waals surface area contributed by atoms with Gasteiger partial charge in [-0.3, -0.25) is 0 Å². The summed E-state index contributed by atoms with van der Waals surface area (Å²) in [5, 5.41) is 12.2. The summed E-state index contributed by atoms with van der Waals surface area (Å²) in [6.07, 6.45) is 2.59. The van der Waals surface area contributed by atoms with E-state index in [9.17, 15) is 4.79 Å². The van der Waals surface area contributed by atoms with Gasteiger partial charge in [-0.1, -0.05) is 0 Å². The van der Waals surface area contributed by atoms with Crippen molar-refractivity contribution in [1.82, 2.24) is 10.2 Å². The van der Waals surface area contributed by atoms with Crippen LogP contribution in [0.2, 0.25) is 0 Å². The molecule has 1 atom stereocenters. The monoisotopic (exact) mass is 292 g/mol. The lowest BCUT2D eigenvalue weighted by atomic mass is 9.98. The van der Waals surface area contributed by atoms with Gasteiger partial charge < -0.3 is 20.1 Å². The fraction of sp³-hybridized carbons (Fsp3) is 0.562. The van der Waals surface area contributed by atoms with Crippen molar-refractivity contribution in [3.63, 3.8) is 0 Å². The zero-order valence-corrected chi connectivity index (χ0v) is 12.5. The van der Waals surface area contributed by atoms with Crippen LogP contribution in [-0.4, -0.2) is 55.8 Å². The Morgan fingerprint density at radius 1 is 1.43 bits per heavy atom. The van der Waals surface area contributed by atoms with Gasteiger partial charge in [0.25, 0.3) is 0 Å². The second kappa shape index (κ2) is 8.00. The van der Waals surface area contributed by atoms with E-state index in [0.29, 0.717) is 12.4 Å². The van der Waals surface area contributed by atoms with Crippen molar-refractivity contribution < 1.29 is 14.6 Å². The van der Waals surface area contributed by atoms with Crippen molar-refractivity contribution in [1.29, 1.82) is 0 Å². The maximum atomic E-state index is 10.7. The summed E-state index contributed by atoms with van der Waals surface area (Å²) in [5.41, 5.74) is 0.280. The fourth-order valence-electron chi connectivity index (χ4n) is 2.68. The molecule has 0 aliphatic carbocycles. The van der Waals surface area contributed by atoms with Gasteiger partial charge in [-0.05, 0) is 63.2 Å². The minimum atomic E-state index is -0.916. The number of nitrogens with one attached hydrogen (secondary N) is 1. The number of rotatable bonds is 7. The fourth-order valence-corrected chi connectivity index (χ4v) is 2.68. The first-order valence-corrected chi connectivity index (χ1v) is 7.50. The number of nitrogens with zero attached hydrogens (tertiary/aromatic N) is 1. The molecular formula is C16H24N2O3. The van der Waals surface area contributed by atoms with Crippen molar-refractivity contribution in [3.05, 3.63) is 29.8 Å². The van der Waals surface area contributed by atoms with Crippen molar-refractivity contribution in [3.8, 4) is 5.75 Å². The number of aromatic carboxylic acids is 1. The number of piperidine rings is 1. The highest BCUT2D eigenvalue weighted by Gasteiger charge is 2.16. The number of hydrogen-bond acceptors (Lipinski definition) is 4. The Kier molecular flexibility index (Phi) is 6.02. The van der Waals surface area contributed by atoms with Gasteiger partial charge in [0.2, 0.25) is 0 Å². The van der Waals surface area contributed by atoms with Crippen LogP contribution in [0.3, 0.4) is 0 Å². The van der Waals surface area contributed by atoms with Gasteiger partial charge in [-0.25, -0.2) is 4.79 Å². The SMILES string of the molecule is CN1CCCC(CNCCOc2ccc(C(=O)O)cc2)C1. The Balaban J connectivity index is 1.60. The van der Waals surface area contributed by atoms with Gasteiger partial charge in [-0.15, -0.1) is 0 Å². The Bertz CT molecular complexity index is 447. The van der Waals surface area contributed by atoms with Gasteiger partial charge in [0.15, 0.2) is 0 Å². The number of ether oxygens (including phenoxy) is 1. The second-order valence-corrected chi connectivity index (χ2v) is 5.65. The van der Waals surface area contributed by atoms with E-state index in [0.717, 1.165) is 19.0 Å². The summed E-state index contributed by atoms with van der Waals surface area (Å²) in [7, 11) is 2.18. The lowest BCUT2D eigenvalue weighted by molar-refractivity contribution is 0.0697. The molecule has 21 heavy (non-hydrogen) atoms. The molecule has 116 valence electrons. The summed E-state index contributed by atoms with van der Waals surface area (Å²) in [4.78, 5) is 13.1. The summed E-state index contributed by atoms with van der Waals surface area (Å²) in [6.45, 7) is 4.82. The van der Waals surface area contributed by atoms with E-state index in [4.69, 9.17) is 9.84 Å². The first-order chi connectivity index (χ1) is 10.1. The molecule has 1 fully saturated rings. The average molecular weight is 292 g/mol. The molecule has 2 N–H and O–H groups in total. The summed E-state index contributed by atoms with van der Waals surface area (Å²) in [5.74, 6) is 0.526. The van der Waals surface area contributed by atoms with Crippen LogP contribution in [0.5, 0.6) is 5.75 Å². The van der Waals surface area contributed by atoms with E-state index < -0.39 is 5.97 Å². The first-order valence-electron chi connectivity index (χ1n) is 7.50. The molecule has 0 spiro atoms. The van der Waals surface area contributed by atoms with Crippen LogP contribution in [0.4, 0.5) is 0 Å². The standard InChI is InChI=1S/C16H24N2O3/c1-18-9-2-3-13(12-18)11-17-8-10-21-15-6-4-14(5-7-15)16(19)20/h4-7,13,17H,2-3,8-12H2,1H3,(H,19,20). The molecule has 1 aromatic rings. The van der Waals surface area contributed by atoms with Gasteiger partial charge in [0, 0.05) is 13.1 Å². The minimum Gasteiger partial charge on any atom is -0.492 e.